The third-order valence-electron chi connectivity index (χ3n) is 17.0. The average molecular weight is 1480 g/mol. The summed E-state index contributed by atoms with van der Waals surface area (Å²) in [6.45, 7) is 2.21. The zero-order valence-electron chi connectivity index (χ0n) is 64.1. The van der Waals surface area contributed by atoms with Gasteiger partial charge in [-0.2, -0.15) is 0 Å². The van der Waals surface area contributed by atoms with E-state index in [2.05, 4.69) is 105 Å². The molecule has 0 saturated heterocycles. The number of phosphoric ester groups is 2. The van der Waals surface area contributed by atoms with Crippen molar-refractivity contribution in [2.75, 3.05) is 52.9 Å². The summed E-state index contributed by atoms with van der Waals surface area (Å²) in [5, 5.41) is 10.7. The van der Waals surface area contributed by atoms with Gasteiger partial charge in [-0.05, 0) is 161 Å². The highest BCUT2D eigenvalue weighted by Gasteiger charge is 2.29. The maximum absolute atomic E-state index is 13.1. The van der Waals surface area contributed by atoms with Crippen molar-refractivity contribution in [3.8, 4) is 0 Å². The molecule has 5 atom stereocenters. The Morgan fingerprint density at radius 3 is 1.03 bits per heavy atom. The van der Waals surface area contributed by atoms with Crippen LogP contribution >= 0.6 is 15.6 Å². The van der Waals surface area contributed by atoms with Gasteiger partial charge >= 0.3 is 27.6 Å². The lowest BCUT2D eigenvalue weighted by Gasteiger charge is -2.21. The van der Waals surface area contributed by atoms with Crippen molar-refractivity contribution < 1.29 is 80.2 Å². The lowest BCUT2D eigenvalue weighted by atomic mass is 10.1. The van der Waals surface area contributed by atoms with Gasteiger partial charge in [-0.25, -0.2) is 9.13 Å². The minimum absolute atomic E-state index is 0.0707. The van der Waals surface area contributed by atoms with Crippen molar-refractivity contribution in [2.24, 2.45) is 0 Å². The van der Waals surface area contributed by atoms with Gasteiger partial charge in [0.05, 0.1) is 33.0 Å². The van der Waals surface area contributed by atoms with Gasteiger partial charge < -0.3 is 43.4 Å². The number of aldehydes is 2. The zero-order valence-corrected chi connectivity index (χ0v) is 65.9. The maximum Gasteiger partial charge on any atom is 0.472 e. The van der Waals surface area contributed by atoms with E-state index in [4.69, 9.17) is 37.0 Å². The lowest BCUT2D eigenvalue weighted by Crippen LogP contribution is -2.29. The predicted octanol–water partition coefficient (Wildman–Crippen LogP) is 22.9. The molecule has 590 valence electrons. The number of hydrogen-bond donors (Lipinski definition) is 3. The molecule has 0 aliphatic rings. The SMILES string of the molecule is CCCCC/C=C\C/C=C\C/C=C\C/C=C\CCCC(=O)OC[C@H](COP(=O)(O)OC[C@@H](O)COP(=O)(O)OC[C@@H](COCCCCCCCCC/C=C\CCCCCCC=O)OC(=O)CCCCCCC/C=C\C/C=C\CCCCC)OCCCCCCCCC/C=C\CCCCCCC=O. The summed E-state index contributed by atoms with van der Waals surface area (Å²) in [6.07, 6.45) is 83.6. The van der Waals surface area contributed by atoms with Gasteiger partial charge in [0.1, 0.15) is 37.5 Å². The monoisotopic (exact) mass is 1480 g/mol. The summed E-state index contributed by atoms with van der Waals surface area (Å²) in [6, 6.07) is 0. The number of allylic oxidation sites excluding steroid dienone is 16. The van der Waals surface area contributed by atoms with Crippen LogP contribution in [0.4, 0.5) is 0 Å². The first-order chi connectivity index (χ1) is 49.9. The van der Waals surface area contributed by atoms with Crippen molar-refractivity contribution in [3.05, 3.63) is 97.2 Å². The Morgan fingerprint density at radius 1 is 0.324 bits per heavy atom. The molecular formula is C83H146O17P2. The van der Waals surface area contributed by atoms with E-state index < -0.39 is 72.3 Å². The molecule has 0 aliphatic heterocycles. The summed E-state index contributed by atoms with van der Waals surface area (Å²) in [7, 11) is -9.71. The second-order valence-electron chi connectivity index (χ2n) is 26.9. The molecule has 102 heavy (non-hydrogen) atoms. The van der Waals surface area contributed by atoms with E-state index in [0.717, 1.165) is 218 Å². The number of unbranched alkanes of at least 4 members (excludes halogenated alkanes) is 36. The molecule has 0 saturated carbocycles. The van der Waals surface area contributed by atoms with E-state index in [1.165, 1.54) is 70.6 Å². The Kier molecular flexibility index (Phi) is 75.5. The fraction of sp³-hybridized carbons (Fsp3) is 0.759. The Morgan fingerprint density at radius 2 is 0.627 bits per heavy atom. The first kappa shape index (κ1) is 98.3. The second-order valence-corrected chi connectivity index (χ2v) is 29.8. The Bertz CT molecular complexity index is 2240. The number of carbonyl (C=O) groups is 4. The van der Waals surface area contributed by atoms with E-state index in [-0.39, 0.29) is 26.1 Å². The van der Waals surface area contributed by atoms with Crippen LogP contribution in [0.25, 0.3) is 0 Å². The molecule has 0 amide bonds. The van der Waals surface area contributed by atoms with Crippen molar-refractivity contribution in [2.45, 2.75) is 353 Å². The number of ether oxygens (including phenoxy) is 4. The minimum Gasteiger partial charge on any atom is -0.463 e. The molecule has 0 bridgehead atoms. The Hall–Kier alpha value is -3.70. The van der Waals surface area contributed by atoms with Crippen LogP contribution in [0, 0.1) is 0 Å². The third kappa shape index (κ3) is 77.4. The highest BCUT2D eigenvalue weighted by atomic mass is 31.2. The van der Waals surface area contributed by atoms with Gasteiger partial charge in [0, 0.05) is 38.9 Å². The molecule has 3 N–H and O–H groups in total. The highest BCUT2D eigenvalue weighted by molar-refractivity contribution is 7.47. The first-order valence-electron chi connectivity index (χ1n) is 40.4. The molecule has 0 fully saturated rings. The van der Waals surface area contributed by atoms with Gasteiger partial charge in [-0.3, -0.25) is 27.7 Å². The summed E-state index contributed by atoms with van der Waals surface area (Å²) in [4.78, 5) is 68.1. The summed E-state index contributed by atoms with van der Waals surface area (Å²) in [5.74, 6) is -0.914. The van der Waals surface area contributed by atoms with Crippen LogP contribution < -0.4 is 0 Å². The van der Waals surface area contributed by atoms with E-state index in [9.17, 15) is 43.2 Å². The first-order valence-corrected chi connectivity index (χ1v) is 43.4. The van der Waals surface area contributed by atoms with Gasteiger partial charge in [-0.15, -0.1) is 0 Å². The molecule has 0 heterocycles. The van der Waals surface area contributed by atoms with E-state index >= 15 is 0 Å². The fourth-order valence-corrected chi connectivity index (χ4v) is 12.4. The van der Waals surface area contributed by atoms with Crippen LogP contribution in [0.1, 0.15) is 335 Å². The molecule has 0 radical (unpaired) electrons. The molecule has 0 rings (SSSR count). The van der Waals surface area contributed by atoms with Crippen molar-refractivity contribution in [3.63, 3.8) is 0 Å². The molecule has 2 unspecified atom stereocenters. The third-order valence-corrected chi connectivity index (χ3v) is 18.9. The highest BCUT2D eigenvalue weighted by Crippen LogP contribution is 2.45. The van der Waals surface area contributed by atoms with Crippen LogP contribution in [-0.2, 0) is 65.4 Å². The predicted molar refractivity (Wildman–Crippen MR) is 418 cm³/mol. The standard InChI is InChI=1S/C83H146O17P2/c1-3-5-7-9-11-13-15-17-19-20-26-31-37-43-49-55-61-67-82(87)95-76-80(94-72-66-60-54-48-42-36-30-24-22-28-34-40-46-52-58-64-70-85)77-98-101(89,90)96-73-79(86)74-97-102(91,92)99-78-81(100-83(88)68-62-56-50-44-38-32-25-18-16-14-12-10-8-6-4-2)75-93-71-65-59-53-47-41-35-29-23-21-27-33-39-45-51-57-63-69-84/h11-14,17-19,21-22,25-28,31,43,49,69-70,79-81,86H,3-10,15-16,20,23-24,29-30,32-42,44-48,50-68,71-78H2,1-2H3,(H,89,90)(H,91,92)/b13-11-,14-12-,19-17-,25-18-,27-21-,28-22-,31-26-,49-43-/t79-,80-,81-/m1/s1. The Labute approximate surface area is 620 Å². The topological polar surface area (TPSA) is 237 Å². The number of rotatable bonds is 80. The van der Waals surface area contributed by atoms with Crippen molar-refractivity contribution in [1.82, 2.24) is 0 Å². The van der Waals surface area contributed by atoms with Gasteiger partial charge in [0.2, 0.25) is 0 Å². The second kappa shape index (κ2) is 78.4. The van der Waals surface area contributed by atoms with Gasteiger partial charge in [0.25, 0.3) is 0 Å². The molecule has 0 spiro atoms. The molecule has 0 aromatic heterocycles. The number of aliphatic hydroxyl groups is 1. The quantitative estimate of drug-likeness (QED) is 0.0169. The van der Waals surface area contributed by atoms with Crippen molar-refractivity contribution >= 4 is 40.2 Å². The smallest absolute Gasteiger partial charge is 0.463 e. The van der Waals surface area contributed by atoms with Crippen LogP contribution in [0.5, 0.6) is 0 Å². The number of carbonyl (C=O) groups excluding carboxylic acids is 4. The Balaban J connectivity index is 5.27. The van der Waals surface area contributed by atoms with E-state index in [1.807, 2.05) is 6.08 Å². The van der Waals surface area contributed by atoms with Crippen LogP contribution in [0.2, 0.25) is 0 Å². The number of esters is 2. The van der Waals surface area contributed by atoms with E-state index in [0.29, 0.717) is 45.3 Å². The maximum atomic E-state index is 13.1. The molecule has 0 aromatic rings. The van der Waals surface area contributed by atoms with E-state index in [1.54, 1.807) is 0 Å². The summed E-state index contributed by atoms with van der Waals surface area (Å²) in [5.41, 5.74) is 0. The number of aliphatic hydroxyl groups excluding tert-OH is 1. The van der Waals surface area contributed by atoms with Crippen molar-refractivity contribution in [1.29, 1.82) is 0 Å². The zero-order chi connectivity index (χ0) is 74.3. The van der Waals surface area contributed by atoms with Crippen LogP contribution in [0.15, 0.2) is 97.2 Å². The van der Waals surface area contributed by atoms with Crippen LogP contribution in [0.3, 0.4) is 0 Å². The normalized spacial score (nSPS) is 14.4. The average Bonchev–Trinajstić information content (AvgIpc) is 0.915. The largest absolute Gasteiger partial charge is 0.472 e. The number of phosphoric acid groups is 2. The van der Waals surface area contributed by atoms with Crippen LogP contribution in [-0.4, -0.2) is 111 Å². The molecule has 0 aliphatic carbocycles. The summed E-state index contributed by atoms with van der Waals surface area (Å²) >= 11 is 0. The minimum atomic E-state index is -4.86. The molecule has 0 aromatic carbocycles. The fourth-order valence-electron chi connectivity index (χ4n) is 10.8. The number of hydrogen-bond acceptors (Lipinski definition) is 15. The van der Waals surface area contributed by atoms with Gasteiger partial charge in [-0.1, -0.05) is 246 Å². The van der Waals surface area contributed by atoms with Gasteiger partial charge in [0.15, 0.2) is 0 Å². The molecule has 17 nitrogen and oxygen atoms in total. The summed E-state index contributed by atoms with van der Waals surface area (Å²) < 4.78 is 70.0. The lowest BCUT2D eigenvalue weighted by molar-refractivity contribution is -0.154. The molecular weight excluding hydrogens is 1330 g/mol. The molecule has 19 heteroatoms.